The minimum Gasteiger partial charge on any atom is -0.367 e. The summed E-state index contributed by atoms with van der Waals surface area (Å²) in [5, 5.41) is 3.02. The molecule has 1 amide bonds. The Morgan fingerprint density at radius 1 is 0.906 bits per heavy atom. The summed E-state index contributed by atoms with van der Waals surface area (Å²) in [5.41, 5.74) is 6.75. The summed E-state index contributed by atoms with van der Waals surface area (Å²) in [5.74, 6) is -0.0728. The molecule has 1 heterocycles. The number of para-hydroxylation sites is 1. The number of nitrogens with one attached hydrogen (secondary N) is 1. The number of carbonyl (C=O) groups is 1. The summed E-state index contributed by atoms with van der Waals surface area (Å²) in [4.78, 5) is 17.5. The zero-order valence-corrected chi connectivity index (χ0v) is 19.2. The van der Waals surface area contributed by atoms with Gasteiger partial charge < -0.3 is 10.2 Å². The highest BCUT2D eigenvalue weighted by Crippen LogP contribution is 2.28. The van der Waals surface area contributed by atoms with E-state index in [-0.39, 0.29) is 5.91 Å². The average Bonchev–Trinajstić information content (AvgIpc) is 2.84. The Kier molecular flexibility index (Phi) is 7.23. The summed E-state index contributed by atoms with van der Waals surface area (Å²) in [7, 11) is 0. The first-order valence-corrected chi connectivity index (χ1v) is 11.7. The zero-order valence-electron chi connectivity index (χ0n) is 19.2. The number of rotatable bonds is 8. The highest BCUT2D eigenvalue weighted by Gasteiger charge is 2.16. The number of nitrogens with zero attached hydrogens (tertiary/aromatic N) is 2. The predicted octanol–water partition coefficient (Wildman–Crippen LogP) is 5.73. The van der Waals surface area contributed by atoms with E-state index >= 15 is 0 Å². The molecule has 1 aliphatic rings. The Bertz CT molecular complexity index is 1020. The lowest BCUT2D eigenvalue weighted by Gasteiger charge is -2.31. The van der Waals surface area contributed by atoms with Crippen LogP contribution in [0, 0.1) is 0 Å². The van der Waals surface area contributed by atoms with Gasteiger partial charge in [-0.3, -0.25) is 9.69 Å². The fraction of sp³-hybridized carbons (Fsp3) is 0.321. The number of aryl methyl sites for hydroxylation is 1. The van der Waals surface area contributed by atoms with E-state index in [1.807, 2.05) is 24.3 Å². The molecule has 0 unspecified atom stereocenters. The van der Waals surface area contributed by atoms with Gasteiger partial charge in [-0.25, -0.2) is 0 Å². The largest absolute Gasteiger partial charge is 0.367 e. The van der Waals surface area contributed by atoms with E-state index in [9.17, 15) is 4.79 Å². The lowest BCUT2D eigenvalue weighted by atomic mass is 10.0. The maximum absolute atomic E-state index is 12.7. The molecule has 3 aromatic carbocycles. The monoisotopic (exact) mass is 427 g/mol. The van der Waals surface area contributed by atoms with Crippen molar-refractivity contribution in [3.63, 3.8) is 0 Å². The van der Waals surface area contributed by atoms with Gasteiger partial charge in [-0.15, -0.1) is 0 Å². The highest BCUT2D eigenvalue weighted by atomic mass is 16.1. The summed E-state index contributed by atoms with van der Waals surface area (Å²) < 4.78 is 0. The highest BCUT2D eigenvalue weighted by molar-refractivity contribution is 6.04. The summed E-state index contributed by atoms with van der Waals surface area (Å²) in [6.07, 6.45) is 2.34. The molecule has 0 aliphatic carbocycles. The first-order valence-electron chi connectivity index (χ1n) is 11.7. The van der Waals surface area contributed by atoms with Crippen LogP contribution in [0.15, 0.2) is 72.8 Å². The number of anilines is 2. The molecule has 4 heteroatoms. The predicted molar refractivity (Wildman–Crippen MR) is 133 cm³/mol. The quantitative estimate of drug-likeness (QED) is 0.498. The van der Waals surface area contributed by atoms with Gasteiger partial charge >= 0.3 is 0 Å². The Morgan fingerprint density at radius 3 is 2.31 bits per heavy atom. The number of hydrogen-bond acceptors (Lipinski definition) is 3. The molecule has 0 fully saturated rings. The van der Waals surface area contributed by atoms with Crippen LogP contribution in [0.25, 0.3) is 0 Å². The van der Waals surface area contributed by atoms with Gasteiger partial charge in [-0.2, -0.15) is 0 Å². The van der Waals surface area contributed by atoms with E-state index in [2.05, 4.69) is 77.5 Å². The molecule has 0 radical (unpaired) electrons. The van der Waals surface area contributed by atoms with Crippen LogP contribution in [0.1, 0.15) is 47.3 Å². The van der Waals surface area contributed by atoms with E-state index in [0.29, 0.717) is 5.56 Å². The molecule has 1 N–H and O–H groups in total. The van der Waals surface area contributed by atoms with Gasteiger partial charge in [0.1, 0.15) is 0 Å². The van der Waals surface area contributed by atoms with Gasteiger partial charge in [-0.1, -0.05) is 56.3 Å². The van der Waals surface area contributed by atoms with Crippen LogP contribution in [0.2, 0.25) is 0 Å². The van der Waals surface area contributed by atoms with Crippen LogP contribution >= 0.6 is 0 Å². The topological polar surface area (TPSA) is 35.6 Å². The van der Waals surface area contributed by atoms with Crippen molar-refractivity contribution in [3.8, 4) is 0 Å². The molecule has 0 saturated heterocycles. The van der Waals surface area contributed by atoms with Gasteiger partial charge in [0.15, 0.2) is 0 Å². The molecule has 0 spiro atoms. The van der Waals surface area contributed by atoms with Crippen LogP contribution in [-0.2, 0) is 19.5 Å². The Hall–Kier alpha value is -3.11. The van der Waals surface area contributed by atoms with Crippen LogP contribution in [0.4, 0.5) is 11.4 Å². The number of hydrogen-bond donors (Lipinski definition) is 1. The standard InChI is InChI=1S/C28H33N3O/c1-3-30(4-2)20-22-13-17-26(18-14-22)29-28(32)25-15-11-23(12-16-25)21-31-19-7-9-24-8-5-6-10-27(24)31/h5-6,8,10-18H,3-4,7,9,19-21H2,1-2H3,(H,29,32). The fourth-order valence-corrected chi connectivity index (χ4v) is 4.36. The minimum absolute atomic E-state index is 0.0728. The first kappa shape index (κ1) is 22.1. The number of carbonyl (C=O) groups excluding carboxylic acids is 1. The van der Waals surface area contributed by atoms with Gasteiger partial charge in [0.25, 0.3) is 5.91 Å². The molecule has 4 rings (SSSR count). The fourth-order valence-electron chi connectivity index (χ4n) is 4.36. The molecule has 0 bridgehead atoms. The lowest BCUT2D eigenvalue weighted by Crippen LogP contribution is -2.28. The summed E-state index contributed by atoms with van der Waals surface area (Å²) >= 11 is 0. The number of fused-ring (bicyclic) bond motifs is 1. The smallest absolute Gasteiger partial charge is 0.255 e. The van der Waals surface area contributed by atoms with Crippen LogP contribution in [0.5, 0.6) is 0 Å². The van der Waals surface area contributed by atoms with Gasteiger partial charge in [0.2, 0.25) is 0 Å². The Balaban J connectivity index is 1.35. The van der Waals surface area contributed by atoms with Gasteiger partial charge in [0.05, 0.1) is 0 Å². The van der Waals surface area contributed by atoms with Crippen molar-refractivity contribution in [2.75, 3.05) is 29.9 Å². The second-order valence-corrected chi connectivity index (χ2v) is 8.46. The maximum atomic E-state index is 12.7. The van der Waals surface area contributed by atoms with Crippen molar-refractivity contribution < 1.29 is 4.79 Å². The zero-order chi connectivity index (χ0) is 22.3. The van der Waals surface area contributed by atoms with Crippen LogP contribution < -0.4 is 10.2 Å². The third-order valence-corrected chi connectivity index (χ3v) is 6.31. The van der Waals surface area contributed by atoms with Gasteiger partial charge in [0, 0.05) is 36.6 Å². The molecule has 166 valence electrons. The van der Waals surface area contributed by atoms with E-state index in [4.69, 9.17) is 0 Å². The molecular weight excluding hydrogens is 394 g/mol. The van der Waals surface area contributed by atoms with Crippen LogP contribution in [-0.4, -0.2) is 30.4 Å². The molecule has 0 aromatic heterocycles. The SMILES string of the molecule is CCN(CC)Cc1ccc(NC(=O)c2ccc(CN3CCCc4ccccc43)cc2)cc1. The lowest BCUT2D eigenvalue weighted by molar-refractivity contribution is 0.102. The van der Waals surface area contributed by atoms with Crippen molar-refractivity contribution in [3.05, 3.63) is 95.1 Å². The second-order valence-electron chi connectivity index (χ2n) is 8.46. The Morgan fingerprint density at radius 2 is 1.59 bits per heavy atom. The second kappa shape index (κ2) is 10.5. The van der Waals surface area contributed by atoms with Crippen molar-refractivity contribution in [2.24, 2.45) is 0 Å². The minimum atomic E-state index is -0.0728. The molecule has 1 aliphatic heterocycles. The molecule has 3 aromatic rings. The van der Waals surface area contributed by atoms with E-state index in [0.717, 1.165) is 44.8 Å². The summed E-state index contributed by atoms with van der Waals surface area (Å²) in [6.45, 7) is 9.30. The molecular formula is C28H33N3O. The first-order chi connectivity index (χ1) is 15.7. The molecule has 32 heavy (non-hydrogen) atoms. The van der Waals surface area contributed by atoms with Crippen molar-refractivity contribution in [1.29, 1.82) is 0 Å². The molecule has 0 atom stereocenters. The van der Waals surface area contributed by atoms with E-state index in [1.54, 1.807) is 0 Å². The number of amides is 1. The van der Waals surface area contributed by atoms with E-state index < -0.39 is 0 Å². The average molecular weight is 428 g/mol. The van der Waals surface area contributed by atoms with Crippen LogP contribution in [0.3, 0.4) is 0 Å². The number of benzene rings is 3. The van der Waals surface area contributed by atoms with Gasteiger partial charge in [-0.05, 0) is 73.0 Å². The maximum Gasteiger partial charge on any atom is 0.255 e. The Labute approximate surface area is 191 Å². The van der Waals surface area contributed by atoms with Crippen molar-refractivity contribution in [1.82, 2.24) is 4.90 Å². The molecule has 4 nitrogen and oxygen atoms in total. The summed E-state index contributed by atoms with van der Waals surface area (Å²) in [6, 6.07) is 24.8. The molecule has 0 saturated carbocycles. The third kappa shape index (κ3) is 5.38. The van der Waals surface area contributed by atoms with Crippen molar-refractivity contribution >= 4 is 17.3 Å². The normalized spacial score (nSPS) is 13.2. The van der Waals surface area contributed by atoms with Crippen molar-refractivity contribution in [2.45, 2.75) is 39.8 Å². The van der Waals surface area contributed by atoms with E-state index in [1.165, 1.54) is 28.8 Å². The third-order valence-electron chi connectivity index (χ3n) is 6.31.